The molecule has 0 aliphatic carbocycles. The summed E-state index contributed by atoms with van der Waals surface area (Å²) in [5.74, 6) is -0.303. The Morgan fingerprint density at radius 3 is 2.32 bits per heavy atom. The summed E-state index contributed by atoms with van der Waals surface area (Å²) in [6, 6.07) is 3.37. The summed E-state index contributed by atoms with van der Waals surface area (Å²) >= 11 is 6.29. The predicted octanol–water partition coefficient (Wildman–Crippen LogP) is 5.16. The van der Waals surface area contributed by atoms with Crippen molar-refractivity contribution in [2.24, 2.45) is 0 Å². The van der Waals surface area contributed by atoms with E-state index in [1.807, 2.05) is 6.07 Å². The summed E-state index contributed by atoms with van der Waals surface area (Å²) in [4.78, 5) is 2.36. The third kappa shape index (κ3) is 2.14. The second-order valence-corrected chi connectivity index (χ2v) is 6.88. The average Bonchev–Trinajstić information content (AvgIpc) is 2.69. The smallest absolute Gasteiger partial charge is 0.142 e. The van der Waals surface area contributed by atoms with Crippen LogP contribution in [0.25, 0.3) is 0 Å². The highest BCUT2D eigenvalue weighted by molar-refractivity contribution is 6.32. The first-order chi connectivity index (χ1) is 8.77. The lowest BCUT2D eigenvalue weighted by Gasteiger charge is -2.37. The third-order valence-corrected chi connectivity index (χ3v) is 4.89. The first kappa shape index (κ1) is 14.6. The first-order valence-electron chi connectivity index (χ1n) is 7.03. The van der Waals surface area contributed by atoms with Crippen molar-refractivity contribution in [3.8, 4) is 0 Å². The van der Waals surface area contributed by atoms with Crippen LogP contribution in [-0.4, -0.2) is 12.1 Å². The fourth-order valence-electron chi connectivity index (χ4n) is 3.16. The monoisotopic (exact) mass is 283 g/mol. The lowest BCUT2D eigenvalue weighted by Crippen LogP contribution is -2.44. The van der Waals surface area contributed by atoms with Gasteiger partial charge in [-0.3, -0.25) is 0 Å². The molecule has 0 radical (unpaired) electrons. The van der Waals surface area contributed by atoms with Crippen molar-refractivity contribution in [3.63, 3.8) is 0 Å². The highest BCUT2D eigenvalue weighted by Gasteiger charge is 2.45. The van der Waals surface area contributed by atoms with Crippen LogP contribution >= 0.6 is 11.6 Å². The van der Waals surface area contributed by atoms with Crippen molar-refractivity contribution >= 4 is 17.3 Å². The largest absolute Gasteiger partial charge is 0.366 e. The molecule has 0 saturated heterocycles. The maximum atomic E-state index is 13.9. The molecule has 1 heterocycles. The zero-order valence-corrected chi connectivity index (χ0v) is 13.2. The summed E-state index contributed by atoms with van der Waals surface area (Å²) in [6.07, 6.45) is 1.96. The molecule has 0 unspecified atom stereocenters. The van der Waals surface area contributed by atoms with E-state index in [1.165, 1.54) is 6.07 Å². The average molecular weight is 284 g/mol. The number of nitrogens with zero attached hydrogens (tertiary/aromatic N) is 1. The second kappa shape index (κ2) is 4.66. The van der Waals surface area contributed by atoms with Gasteiger partial charge < -0.3 is 4.90 Å². The summed E-state index contributed by atoms with van der Waals surface area (Å²) < 4.78 is 13.9. The van der Waals surface area contributed by atoms with E-state index >= 15 is 0 Å². The van der Waals surface area contributed by atoms with Crippen LogP contribution in [0.3, 0.4) is 0 Å². The number of benzene rings is 1. The second-order valence-electron chi connectivity index (χ2n) is 6.50. The minimum atomic E-state index is -0.303. The molecule has 0 fully saturated rings. The minimum Gasteiger partial charge on any atom is -0.366 e. The topological polar surface area (TPSA) is 3.24 Å². The molecule has 0 aromatic heterocycles. The Hall–Kier alpha value is -0.760. The molecule has 2 rings (SSSR count). The number of halogens is 2. The van der Waals surface area contributed by atoms with Crippen molar-refractivity contribution in [1.29, 1.82) is 0 Å². The molecule has 0 spiro atoms. The molecule has 1 aromatic carbocycles. The normalized spacial score (nSPS) is 17.7. The molecule has 0 atom stereocenters. The summed E-state index contributed by atoms with van der Waals surface area (Å²) in [7, 11) is 0. The molecular formula is C16H23ClFN. The van der Waals surface area contributed by atoms with E-state index in [4.69, 9.17) is 11.6 Å². The molecule has 0 N–H and O–H groups in total. The van der Waals surface area contributed by atoms with Crippen LogP contribution in [0.2, 0.25) is 5.02 Å². The lowest BCUT2D eigenvalue weighted by molar-refractivity contribution is 0.386. The van der Waals surface area contributed by atoms with Gasteiger partial charge in [0.05, 0.1) is 5.02 Å². The highest BCUT2D eigenvalue weighted by atomic mass is 35.5. The number of fused-ring (bicyclic) bond motifs is 1. The van der Waals surface area contributed by atoms with Gasteiger partial charge in [-0.25, -0.2) is 4.39 Å². The number of anilines is 1. The molecule has 19 heavy (non-hydrogen) atoms. The number of hydrogen-bond donors (Lipinski definition) is 0. The molecule has 1 nitrogen and oxygen atoms in total. The SMILES string of the molecule is CCC1(CC)CN(C(C)(C)C)c2ccc(F)c(Cl)c21. The predicted molar refractivity (Wildman–Crippen MR) is 80.8 cm³/mol. The Morgan fingerprint density at radius 1 is 1.26 bits per heavy atom. The van der Waals surface area contributed by atoms with Gasteiger partial charge in [-0.2, -0.15) is 0 Å². The summed E-state index contributed by atoms with van der Waals surface area (Å²) in [5.41, 5.74) is 2.10. The zero-order valence-electron chi connectivity index (χ0n) is 12.5. The minimum absolute atomic E-state index is 0.0159. The quantitative estimate of drug-likeness (QED) is 0.725. The van der Waals surface area contributed by atoms with Crippen LogP contribution in [0.1, 0.15) is 53.0 Å². The van der Waals surface area contributed by atoms with Crippen molar-refractivity contribution in [2.45, 2.75) is 58.4 Å². The number of hydrogen-bond acceptors (Lipinski definition) is 1. The van der Waals surface area contributed by atoms with Crippen molar-refractivity contribution in [3.05, 3.63) is 28.5 Å². The molecule has 1 aromatic rings. The number of rotatable bonds is 2. The molecule has 106 valence electrons. The van der Waals surface area contributed by atoms with Gasteiger partial charge in [0, 0.05) is 28.7 Å². The standard InChI is InChI=1S/C16H23ClFN/c1-6-16(7-2)10-19(15(3,4)5)12-9-8-11(18)14(17)13(12)16/h8-9H,6-7,10H2,1-5H3. The third-order valence-electron chi connectivity index (χ3n) is 4.52. The highest BCUT2D eigenvalue weighted by Crippen LogP contribution is 2.51. The van der Waals surface area contributed by atoms with E-state index in [0.29, 0.717) is 5.02 Å². The van der Waals surface area contributed by atoms with Gasteiger partial charge in [0.15, 0.2) is 0 Å². The van der Waals surface area contributed by atoms with Crippen LogP contribution in [0.15, 0.2) is 12.1 Å². The van der Waals surface area contributed by atoms with Gasteiger partial charge in [-0.1, -0.05) is 25.4 Å². The van der Waals surface area contributed by atoms with Crippen LogP contribution in [0.5, 0.6) is 0 Å². The maximum Gasteiger partial charge on any atom is 0.142 e. The first-order valence-corrected chi connectivity index (χ1v) is 7.40. The fraction of sp³-hybridized carbons (Fsp3) is 0.625. The Morgan fingerprint density at radius 2 is 1.84 bits per heavy atom. The van der Waals surface area contributed by atoms with Crippen LogP contribution < -0.4 is 4.90 Å². The molecule has 1 aliphatic heterocycles. The van der Waals surface area contributed by atoms with Gasteiger partial charge in [0.2, 0.25) is 0 Å². The van der Waals surface area contributed by atoms with E-state index < -0.39 is 0 Å². The molecule has 3 heteroatoms. The Labute approximate surface area is 120 Å². The molecule has 1 aliphatic rings. The van der Waals surface area contributed by atoms with E-state index in [0.717, 1.165) is 30.6 Å². The lowest BCUT2D eigenvalue weighted by atomic mass is 9.77. The van der Waals surface area contributed by atoms with E-state index in [9.17, 15) is 4.39 Å². The Kier molecular flexibility index (Phi) is 3.59. The fourth-order valence-corrected chi connectivity index (χ4v) is 3.52. The van der Waals surface area contributed by atoms with E-state index in [-0.39, 0.29) is 16.8 Å². The molecule has 0 saturated carbocycles. The van der Waals surface area contributed by atoms with Crippen molar-refractivity contribution in [2.75, 3.05) is 11.4 Å². The summed E-state index contributed by atoms with van der Waals surface area (Å²) in [5, 5.41) is 0.313. The van der Waals surface area contributed by atoms with Gasteiger partial charge in [-0.15, -0.1) is 0 Å². The van der Waals surface area contributed by atoms with Crippen LogP contribution in [0.4, 0.5) is 10.1 Å². The van der Waals surface area contributed by atoms with Gasteiger partial charge >= 0.3 is 0 Å². The van der Waals surface area contributed by atoms with Crippen LogP contribution in [0, 0.1) is 5.82 Å². The van der Waals surface area contributed by atoms with Gasteiger partial charge in [0.1, 0.15) is 5.82 Å². The van der Waals surface area contributed by atoms with Crippen molar-refractivity contribution in [1.82, 2.24) is 0 Å². The molecular weight excluding hydrogens is 261 g/mol. The van der Waals surface area contributed by atoms with E-state index in [2.05, 4.69) is 39.5 Å². The van der Waals surface area contributed by atoms with Gasteiger partial charge in [0.25, 0.3) is 0 Å². The maximum absolute atomic E-state index is 13.9. The summed E-state index contributed by atoms with van der Waals surface area (Å²) in [6.45, 7) is 11.8. The van der Waals surface area contributed by atoms with Crippen molar-refractivity contribution < 1.29 is 4.39 Å². The Balaban J connectivity index is 2.69. The Bertz CT molecular complexity index is 486. The molecule has 0 bridgehead atoms. The van der Waals surface area contributed by atoms with E-state index in [1.54, 1.807) is 0 Å². The van der Waals surface area contributed by atoms with Gasteiger partial charge in [-0.05, 0) is 45.7 Å². The molecule has 0 amide bonds. The van der Waals surface area contributed by atoms with Crippen LogP contribution in [-0.2, 0) is 5.41 Å². The zero-order chi connectivity index (χ0) is 14.4.